The lowest BCUT2D eigenvalue weighted by molar-refractivity contribution is -0.384. The molecule has 2 aliphatic heterocycles. The van der Waals surface area contributed by atoms with Crippen molar-refractivity contribution < 1.29 is 59.5 Å². The number of hydrogen-bond donors (Lipinski definition) is 7. The third-order valence-electron chi connectivity index (χ3n) is 8.30. The van der Waals surface area contributed by atoms with Crippen LogP contribution < -0.4 is 0 Å². The minimum atomic E-state index is -2.28. The summed E-state index contributed by atoms with van der Waals surface area (Å²) < 4.78 is 21.9. The van der Waals surface area contributed by atoms with E-state index in [-0.39, 0.29) is 6.42 Å². The van der Waals surface area contributed by atoms with E-state index in [1.54, 1.807) is 0 Å². The Labute approximate surface area is 249 Å². The van der Waals surface area contributed by atoms with E-state index < -0.39 is 80.6 Å². The lowest BCUT2D eigenvalue weighted by atomic mass is 9.98. The van der Waals surface area contributed by atoms with Gasteiger partial charge in [-0.05, 0) is 6.42 Å². The second-order valence-electron chi connectivity index (χ2n) is 11.7. The topological polar surface area (TPSA) is 196 Å². The first-order chi connectivity index (χ1) is 20.2. The molecule has 2 aliphatic rings. The molecule has 0 radical (unpaired) electrons. The number of carbonyl (C=O) groups excluding carboxylic acids is 1. The number of unbranched alkanes of at least 4 members (excludes halogenated alkanes) is 14. The molecule has 0 aliphatic carbocycles. The highest BCUT2D eigenvalue weighted by atomic mass is 16.8. The Bertz CT molecular complexity index is 726. The highest BCUT2D eigenvalue weighted by Crippen LogP contribution is 2.36. The smallest absolute Gasteiger partial charge is 0.306 e. The molecule has 0 bridgehead atoms. The van der Waals surface area contributed by atoms with Crippen LogP contribution in [0.2, 0.25) is 0 Å². The summed E-state index contributed by atoms with van der Waals surface area (Å²) in [6.45, 7) is -0.146. The van der Waals surface area contributed by atoms with Gasteiger partial charge in [-0.2, -0.15) is 0 Å². The quantitative estimate of drug-likeness (QED) is 0.0691. The fraction of sp³-hybridized carbons (Fsp3) is 0.967. The highest BCUT2D eigenvalue weighted by molar-refractivity contribution is 5.69. The van der Waals surface area contributed by atoms with Crippen LogP contribution in [0.4, 0.5) is 0 Å². The molecule has 12 heteroatoms. The lowest BCUT2D eigenvalue weighted by Gasteiger charge is -2.44. The summed E-state index contributed by atoms with van der Waals surface area (Å²) >= 11 is 0. The number of esters is 1. The van der Waals surface area contributed by atoms with Gasteiger partial charge in [0.1, 0.15) is 43.2 Å². The van der Waals surface area contributed by atoms with E-state index in [1.807, 2.05) is 0 Å². The first kappa shape index (κ1) is 37.3. The molecule has 0 aromatic carbocycles. The normalized spacial score (nSPS) is 33.2. The van der Waals surface area contributed by atoms with Crippen LogP contribution in [0.1, 0.15) is 110 Å². The van der Waals surface area contributed by atoms with Crippen molar-refractivity contribution in [3.63, 3.8) is 0 Å². The van der Waals surface area contributed by atoms with Gasteiger partial charge in [-0.1, -0.05) is 96.8 Å². The Balaban J connectivity index is 1.73. The van der Waals surface area contributed by atoms with Crippen molar-refractivity contribution in [2.24, 2.45) is 0 Å². The molecule has 7 N–H and O–H groups in total. The number of ether oxygens (including phenoxy) is 4. The lowest BCUT2D eigenvalue weighted by Crippen LogP contribution is -2.63. The van der Waals surface area contributed by atoms with Gasteiger partial charge in [0, 0.05) is 6.42 Å². The van der Waals surface area contributed by atoms with Gasteiger partial charge in [-0.25, -0.2) is 0 Å². The minimum Gasteiger partial charge on any atom is -0.454 e. The average Bonchev–Trinajstić information content (AvgIpc) is 3.23. The molecule has 0 aromatic rings. The zero-order valence-corrected chi connectivity index (χ0v) is 25.2. The monoisotopic (exact) mass is 608 g/mol. The fourth-order valence-corrected chi connectivity index (χ4v) is 5.59. The van der Waals surface area contributed by atoms with E-state index in [4.69, 9.17) is 18.9 Å². The molecule has 12 nitrogen and oxygen atoms in total. The van der Waals surface area contributed by atoms with E-state index in [0.29, 0.717) is 6.42 Å². The van der Waals surface area contributed by atoms with Crippen molar-refractivity contribution in [1.29, 1.82) is 0 Å². The molecule has 9 atom stereocenters. The summed E-state index contributed by atoms with van der Waals surface area (Å²) in [4.78, 5) is 12.6. The van der Waals surface area contributed by atoms with Crippen molar-refractivity contribution in [3.05, 3.63) is 0 Å². The molecule has 2 rings (SSSR count). The summed E-state index contributed by atoms with van der Waals surface area (Å²) in [6, 6.07) is 0. The Morgan fingerprint density at radius 2 is 1.19 bits per heavy atom. The number of hydrogen-bond acceptors (Lipinski definition) is 12. The Morgan fingerprint density at radius 3 is 1.64 bits per heavy atom. The van der Waals surface area contributed by atoms with Crippen LogP contribution in [0.3, 0.4) is 0 Å². The summed E-state index contributed by atoms with van der Waals surface area (Å²) in [7, 11) is 0. The minimum absolute atomic E-state index is 0.0588. The van der Waals surface area contributed by atoms with Crippen LogP contribution in [0.5, 0.6) is 0 Å². The Morgan fingerprint density at radius 1 is 0.690 bits per heavy atom. The maximum Gasteiger partial charge on any atom is 0.306 e. The maximum absolute atomic E-state index is 12.6. The molecule has 2 saturated heterocycles. The molecule has 0 saturated carbocycles. The van der Waals surface area contributed by atoms with Gasteiger partial charge in [0.25, 0.3) is 0 Å². The predicted octanol–water partition coefficient (Wildman–Crippen LogP) is 1.42. The summed E-state index contributed by atoms with van der Waals surface area (Å²) in [6.07, 6.45) is 5.19. The van der Waals surface area contributed by atoms with Crippen molar-refractivity contribution in [1.82, 2.24) is 0 Å². The first-order valence-corrected chi connectivity index (χ1v) is 16.0. The molecule has 2 heterocycles. The second kappa shape index (κ2) is 20.2. The third kappa shape index (κ3) is 11.2. The summed E-state index contributed by atoms with van der Waals surface area (Å²) in [5.41, 5.74) is 0. The van der Waals surface area contributed by atoms with Crippen molar-refractivity contribution in [3.8, 4) is 0 Å². The van der Waals surface area contributed by atoms with Crippen LogP contribution in [-0.4, -0.2) is 116 Å². The largest absolute Gasteiger partial charge is 0.454 e. The van der Waals surface area contributed by atoms with Gasteiger partial charge in [-0.15, -0.1) is 0 Å². The van der Waals surface area contributed by atoms with Crippen LogP contribution in [0, 0.1) is 0 Å². The molecule has 7 unspecified atom stereocenters. The number of aliphatic hydroxyl groups excluding tert-OH is 7. The molecule has 248 valence electrons. The maximum atomic E-state index is 12.6. The van der Waals surface area contributed by atoms with E-state index in [0.717, 1.165) is 19.3 Å². The van der Waals surface area contributed by atoms with Crippen LogP contribution in [-0.2, 0) is 23.7 Å². The number of aliphatic hydroxyl groups is 7. The van der Waals surface area contributed by atoms with Gasteiger partial charge in [0.05, 0.1) is 13.2 Å². The van der Waals surface area contributed by atoms with Gasteiger partial charge in [0.15, 0.2) is 6.10 Å². The Kier molecular flexibility index (Phi) is 17.9. The zero-order valence-electron chi connectivity index (χ0n) is 25.2. The van der Waals surface area contributed by atoms with Crippen LogP contribution >= 0.6 is 0 Å². The fourth-order valence-electron chi connectivity index (χ4n) is 5.59. The van der Waals surface area contributed by atoms with Gasteiger partial charge in [-0.3, -0.25) is 4.79 Å². The van der Waals surface area contributed by atoms with Gasteiger partial charge < -0.3 is 54.7 Å². The molecule has 0 aromatic heterocycles. The van der Waals surface area contributed by atoms with E-state index in [9.17, 15) is 40.5 Å². The second-order valence-corrected chi connectivity index (χ2v) is 11.7. The molecular formula is C30H56O12. The van der Waals surface area contributed by atoms with E-state index >= 15 is 0 Å². The van der Waals surface area contributed by atoms with Gasteiger partial charge >= 0.3 is 5.97 Å². The van der Waals surface area contributed by atoms with E-state index in [1.165, 1.54) is 70.6 Å². The molecule has 0 amide bonds. The van der Waals surface area contributed by atoms with Crippen LogP contribution in [0.25, 0.3) is 0 Å². The van der Waals surface area contributed by atoms with Gasteiger partial charge in [0.2, 0.25) is 12.1 Å². The van der Waals surface area contributed by atoms with Crippen molar-refractivity contribution >= 4 is 5.97 Å². The summed E-state index contributed by atoms with van der Waals surface area (Å²) in [5.74, 6) is -2.95. The molecule has 42 heavy (non-hydrogen) atoms. The zero-order chi connectivity index (χ0) is 31.0. The number of rotatable bonds is 22. The van der Waals surface area contributed by atoms with Crippen molar-refractivity contribution in [2.45, 2.75) is 164 Å². The SMILES string of the molecule is CCCCCCCCCCCCCCCCCC(=O)OC1C(O[C@]2(CO)O[C@H](CO)C(O)C2O)OC(CO)C(O)C1O. The average molecular weight is 609 g/mol. The van der Waals surface area contributed by atoms with E-state index in [2.05, 4.69) is 6.92 Å². The van der Waals surface area contributed by atoms with Crippen molar-refractivity contribution in [2.75, 3.05) is 19.8 Å². The highest BCUT2D eigenvalue weighted by Gasteiger charge is 2.59. The standard InChI is InChI=1S/C30H56O12/c1-2-3-4-5-6-7-8-9-10-11-12-13-14-15-16-17-23(34)40-27-26(37)24(35)21(18-31)39-29(27)42-30(20-33)28(38)25(36)22(19-32)41-30/h21-22,24-29,31-33,35-38H,2-20H2,1H3/t21?,22-,24?,25?,26?,27?,28?,29?,30+/m1/s1. The molecule has 0 spiro atoms. The first-order valence-electron chi connectivity index (χ1n) is 16.0. The molecule has 2 fully saturated rings. The summed E-state index contributed by atoms with van der Waals surface area (Å²) in [5, 5.41) is 70.5. The molecular weight excluding hydrogens is 552 g/mol. The third-order valence-corrected chi connectivity index (χ3v) is 8.30. The van der Waals surface area contributed by atoms with Crippen LogP contribution in [0.15, 0.2) is 0 Å². The number of carbonyl (C=O) groups is 1. The predicted molar refractivity (Wildman–Crippen MR) is 152 cm³/mol. The Hall–Kier alpha value is -0.930.